The van der Waals surface area contributed by atoms with Crippen molar-refractivity contribution in [2.24, 2.45) is 0 Å². The van der Waals surface area contributed by atoms with Crippen LogP contribution in [0, 0.1) is 0 Å². The van der Waals surface area contributed by atoms with Crippen LogP contribution in [-0.2, 0) is 0 Å². The zero-order valence-electron chi connectivity index (χ0n) is 18.6. The number of benzene rings is 2. The average molecular weight is 423 g/mol. The van der Waals surface area contributed by atoms with Gasteiger partial charge in [0.15, 0.2) is 0 Å². The van der Waals surface area contributed by atoms with Gasteiger partial charge in [0.25, 0.3) is 5.91 Å². The van der Waals surface area contributed by atoms with Gasteiger partial charge in [0.2, 0.25) is 0 Å². The number of urea groups is 1. The number of likely N-dealkylation sites (tertiary alicyclic amines) is 1. The molecule has 3 amide bonds. The molecule has 0 radical (unpaired) electrons. The van der Waals surface area contributed by atoms with Gasteiger partial charge in [-0.15, -0.1) is 0 Å². The minimum Gasteiger partial charge on any atom is -0.351 e. The summed E-state index contributed by atoms with van der Waals surface area (Å²) in [5, 5.41) is 6.00. The summed E-state index contributed by atoms with van der Waals surface area (Å²) in [7, 11) is 0. The lowest BCUT2D eigenvalue weighted by molar-refractivity contribution is 0.0948. The first-order valence-corrected chi connectivity index (χ1v) is 11.3. The van der Waals surface area contributed by atoms with Gasteiger partial charge in [0.05, 0.1) is 0 Å². The van der Waals surface area contributed by atoms with Gasteiger partial charge in [0, 0.05) is 43.3 Å². The zero-order valence-corrected chi connectivity index (χ0v) is 18.6. The molecule has 1 atom stereocenters. The SMILES string of the molecule is CCN(CC)CCNC(=O)c1cccc(C2CCCN(C(=O)Nc3ccccc3)C2)c1. The molecule has 2 aromatic carbocycles. The molecule has 0 bridgehead atoms. The predicted molar refractivity (Wildman–Crippen MR) is 126 cm³/mol. The standard InChI is InChI=1S/C25H34N4O2/c1-3-28(4-2)17-15-26-24(30)21-11-8-10-20(18-21)22-12-9-16-29(19-22)25(31)27-23-13-6-5-7-14-23/h5-8,10-11,13-14,18,22H,3-4,9,12,15-17,19H2,1-2H3,(H,26,30)(H,27,31). The van der Waals surface area contributed by atoms with Crippen molar-refractivity contribution in [1.29, 1.82) is 0 Å². The number of amides is 3. The van der Waals surface area contributed by atoms with E-state index in [4.69, 9.17) is 0 Å². The molecule has 0 aliphatic carbocycles. The first-order valence-electron chi connectivity index (χ1n) is 11.3. The van der Waals surface area contributed by atoms with E-state index in [9.17, 15) is 9.59 Å². The minimum absolute atomic E-state index is 0.0384. The third-order valence-electron chi connectivity index (χ3n) is 5.96. The number of anilines is 1. The fourth-order valence-electron chi connectivity index (χ4n) is 4.06. The van der Waals surface area contributed by atoms with Crippen LogP contribution in [0.25, 0.3) is 0 Å². The van der Waals surface area contributed by atoms with Gasteiger partial charge >= 0.3 is 6.03 Å². The Morgan fingerprint density at radius 2 is 1.84 bits per heavy atom. The molecule has 2 aromatic rings. The monoisotopic (exact) mass is 422 g/mol. The van der Waals surface area contributed by atoms with Crippen molar-refractivity contribution >= 4 is 17.6 Å². The molecule has 3 rings (SSSR count). The molecular weight excluding hydrogens is 388 g/mol. The van der Waals surface area contributed by atoms with Gasteiger partial charge in [-0.05, 0) is 55.8 Å². The Labute approximate surface area is 185 Å². The summed E-state index contributed by atoms with van der Waals surface area (Å²) < 4.78 is 0. The second-order valence-corrected chi connectivity index (χ2v) is 7.99. The smallest absolute Gasteiger partial charge is 0.321 e. The number of hydrogen-bond donors (Lipinski definition) is 2. The Kier molecular flexibility index (Phi) is 8.47. The maximum absolute atomic E-state index is 12.7. The lowest BCUT2D eigenvalue weighted by Gasteiger charge is -2.33. The van der Waals surface area contributed by atoms with Crippen LogP contribution in [0.3, 0.4) is 0 Å². The van der Waals surface area contributed by atoms with E-state index in [1.165, 1.54) is 0 Å². The van der Waals surface area contributed by atoms with E-state index < -0.39 is 0 Å². The average Bonchev–Trinajstić information content (AvgIpc) is 2.82. The summed E-state index contributed by atoms with van der Waals surface area (Å²) in [4.78, 5) is 29.5. The van der Waals surface area contributed by atoms with E-state index in [0.717, 1.165) is 50.3 Å². The highest BCUT2D eigenvalue weighted by molar-refractivity contribution is 5.94. The molecule has 1 aliphatic rings. The molecule has 1 unspecified atom stereocenters. The molecule has 1 aliphatic heterocycles. The second kappa shape index (κ2) is 11.5. The van der Waals surface area contributed by atoms with Gasteiger partial charge in [-0.1, -0.05) is 44.2 Å². The van der Waals surface area contributed by atoms with Crippen LogP contribution in [0.2, 0.25) is 0 Å². The Morgan fingerprint density at radius 1 is 1.06 bits per heavy atom. The number of nitrogens with one attached hydrogen (secondary N) is 2. The summed E-state index contributed by atoms with van der Waals surface area (Å²) in [6.45, 7) is 9.13. The zero-order chi connectivity index (χ0) is 22.1. The quantitative estimate of drug-likeness (QED) is 0.671. The fourth-order valence-corrected chi connectivity index (χ4v) is 4.06. The molecule has 1 heterocycles. The summed E-state index contributed by atoms with van der Waals surface area (Å²) in [5.74, 6) is 0.196. The topological polar surface area (TPSA) is 64.7 Å². The van der Waals surface area contributed by atoms with Crippen molar-refractivity contribution < 1.29 is 9.59 Å². The summed E-state index contributed by atoms with van der Waals surface area (Å²) in [5.41, 5.74) is 2.61. The van der Waals surface area contributed by atoms with Crippen LogP contribution >= 0.6 is 0 Å². The fraction of sp³-hybridized carbons (Fsp3) is 0.440. The van der Waals surface area contributed by atoms with Crippen LogP contribution in [0.5, 0.6) is 0 Å². The minimum atomic E-state index is -0.0683. The summed E-state index contributed by atoms with van der Waals surface area (Å²) >= 11 is 0. The molecule has 0 aromatic heterocycles. The highest BCUT2D eigenvalue weighted by Crippen LogP contribution is 2.28. The Balaban J connectivity index is 1.58. The Bertz CT molecular complexity index is 852. The molecule has 2 N–H and O–H groups in total. The van der Waals surface area contributed by atoms with E-state index in [2.05, 4.69) is 35.4 Å². The molecule has 166 valence electrons. The number of carbonyl (C=O) groups is 2. The Hall–Kier alpha value is -2.86. The van der Waals surface area contributed by atoms with Crippen molar-refractivity contribution in [3.63, 3.8) is 0 Å². The highest BCUT2D eigenvalue weighted by atomic mass is 16.2. The molecule has 1 fully saturated rings. The predicted octanol–water partition coefficient (Wildman–Crippen LogP) is 4.17. The van der Waals surface area contributed by atoms with Gasteiger partial charge < -0.3 is 20.4 Å². The van der Waals surface area contributed by atoms with Gasteiger partial charge in [-0.2, -0.15) is 0 Å². The third-order valence-corrected chi connectivity index (χ3v) is 5.96. The van der Waals surface area contributed by atoms with E-state index in [1.807, 2.05) is 53.4 Å². The first kappa shape index (κ1) is 22.8. The van der Waals surface area contributed by atoms with Crippen molar-refractivity contribution in [1.82, 2.24) is 15.1 Å². The second-order valence-electron chi connectivity index (χ2n) is 7.99. The van der Waals surface area contributed by atoms with Crippen LogP contribution in [0.15, 0.2) is 54.6 Å². The van der Waals surface area contributed by atoms with E-state index >= 15 is 0 Å². The van der Waals surface area contributed by atoms with Crippen molar-refractivity contribution in [3.8, 4) is 0 Å². The highest BCUT2D eigenvalue weighted by Gasteiger charge is 2.25. The third kappa shape index (κ3) is 6.56. The number of nitrogens with zero attached hydrogens (tertiary/aromatic N) is 2. The van der Waals surface area contributed by atoms with Crippen LogP contribution in [0.1, 0.15) is 48.5 Å². The maximum Gasteiger partial charge on any atom is 0.321 e. The lowest BCUT2D eigenvalue weighted by atomic mass is 9.89. The van der Waals surface area contributed by atoms with Crippen LogP contribution in [0.4, 0.5) is 10.5 Å². The van der Waals surface area contributed by atoms with Gasteiger partial charge in [-0.25, -0.2) is 4.79 Å². The molecule has 6 nitrogen and oxygen atoms in total. The van der Waals surface area contributed by atoms with Crippen molar-refractivity contribution in [2.45, 2.75) is 32.6 Å². The van der Waals surface area contributed by atoms with Gasteiger partial charge in [-0.3, -0.25) is 4.79 Å². The molecule has 0 saturated carbocycles. The summed E-state index contributed by atoms with van der Waals surface area (Å²) in [6.07, 6.45) is 1.97. The molecule has 31 heavy (non-hydrogen) atoms. The van der Waals surface area contributed by atoms with Crippen molar-refractivity contribution in [2.75, 3.05) is 44.6 Å². The largest absolute Gasteiger partial charge is 0.351 e. The Morgan fingerprint density at radius 3 is 2.58 bits per heavy atom. The van der Waals surface area contributed by atoms with Crippen molar-refractivity contribution in [3.05, 3.63) is 65.7 Å². The number of hydrogen-bond acceptors (Lipinski definition) is 3. The lowest BCUT2D eigenvalue weighted by Crippen LogP contribution is -2.41. The van der Waals surface area contributed by atoms with Crippen LogP contribution < -0.4 is 10.6 Å². The molecular formula is C25H34N4O2. The maximum atomic E-state index is 12.7. The molecule has 1 saturated heterocycles. The normalized spacial score (nSPS) is 16.2. The molecule has 6 heteroatoms. The number of piperidine rings is 1. The number of likely N-dealkylation sites (N-methyl/N-ethyl adjacent to an activating group) is 1. The van der Waals surface area contributed by atoms with E-state index in [0.29, 0.717) is 18.7 Å². The summed E-state index contributed by atoms with van der Waals surface area (Å²) in [6, 6.07) is 17.3. The number of carbonyl (C=O) groups excluding carboxylic acids is 2. The van der Waals surface area contributed by atoms with E-state index in [-0.39, 0.29) is 17.9 Å². The van der Waals surface area contributed by atoms with Gasteiger partial charge in [0.1, 0.15) is 0 Å². The van der Waals surface area contributed by atoms with Crippen LogP contribution in [-0.4, -0.2) is 61.0 Å². The first-order chi connectivity index (χ1) is 15.1. The number of para-hydroxylation sites is 1. The van der Waals surface area contributed by atoms with E-state index in [1.54, 1.807) is 0 Å². The molecule has 0 spiro atoms. The number of rotatable bonds is 8.